The van der Waals surface area contributed by atoms with E-state index in [0.29, 0.717) is 15.6 Å². The van der Waals surface area contributed by atoms with Gasteiger partial charge < -0.3 is 14.9 Å². The zero-order chi connectivity index (χ0) is 32.5. The molecule has 45 heavy (non-hydrogen) atoms. The molecule has 2 saturated heterocycles. The number of methoxy groups -OCH3 is 1. The maximum absolute atomic E-state index is 14.5. The number of ether oxygens (including phenoxy) is 1. The van der Waals surface area contributed by atoms with Crippen molar-refractivity contribution >= 4 is 62.8 Å². The van der Waals surface area contributed by atoms with Crippen LogP contribution in [0.15, 0.2) is 46.5 Å². The standard InChI is InChI=1S/C32H29BrClFN2O8/c1-32-20(29(42)37(31(32)44)15-5-8-22(35)21(34)12-15)13-18-16(26(32)19-10-14(33)11-23(45-2)27(19)40)6-7-17-25(18)30(43)36(28(17)41)9-3-4-24(38)39/h5-6,8,10-12,17-18,20,25-26,40H,3-4,7,9,13H2,1-2H3,(H,38,39). The molecule has 4 amide bonds. The van der Waals surface area contributed by atoms with Crippen molar-refractivity contribution in [2.24, 2.45) is 29.1 Å². The van der Waals surface area contributed by atoms with Gasteiger partial charge in [-0.25, -0.2) is 9.29 Å². The van der Waals surface area contributed by atoms with E-state index < -0.39 is 64.5 Å². The first-order valence-corrected chi connectivity index (χ1v) is 15.6. The number of rotatable bonds is 7. The Morgan fingerprint density at radius 3 is 2.53 bits per heavy atom. The second-order valence-electron chi connectivity index (χ2n) is 12.1. The molecule has 2 aromatic rings. The molecule has 1 saturated carbocycles. The van der Waals surface area contributed by atoms with E-state index in [4.69, 9.17) is 21.4 Å². The van der Waals surface area contributed by atoms with E-state index in [1.165, 1.54) is 19.2 Å². The molecule has 0 bridgehead atoms. The summed E-state index contributed by atoms with van der Waals surface area (Å²) in [6, 6.07) is 6.78. The summed E-state index contributed by atoms with van der Waals surface area (Å²) in [6.07, 6.45) is 2.01. The Balaban J connectivity index is 1.50. The predicted molar refractivity (Wildman–Crippen MR) is 162 cm³/mol. The normalized spacial score (nSPS) is 29.0. The average Bonchev–Trinajstić information content (AvgIpc) is 3.35. The Hall–Kier alpha value is -3.77. The van der Waals surface area contributed by atoms with Gasteiger partial charge in [-0.3, -0.25) is 28.9 Å². The molecule has 0 spiro atoms. The SMILES string of the molecule is COc1cc(Br)cc(C2C3=CCC4C(=O)N(CCCC(=O)O)C(=O)C4C3CC3C(=O)N(c4ccc(F)c(Cl)c4)C(=O)C32C)c1O. The molecule has 2 aliphatic carbocycles. The topological polar surface area (TPSA) is 142 Å². The van der Waals surface area contributed by atoms with Gasteiger partial charge in [0, 0.05) is 28.9 Å². The largest absolute Gasteiger partial charge is 0.504 e. The van der Waals surface area contributed by atoms with Crippen molar-refractivity contribution in [3.05, 3.63) is 62.9 Å². The zero-order valence-electron chi connectivity index (χ0n) is 24.3. The molecule has 2 aliphatic heterocycles. The minimum absolute atomic E-state index is 0.0380. The monoisotopic (exact) mass is 702 g/mol. The lowest BCUT2D eigenvalue weighted by molar-refractivity contribution is -0.142. The van der Waals surface area contributed by atoms with Crippen LogP contribution in [0, 0.1) is 34.9 Å². The molecule has 0 radical (unpaired) electrons. The number of fused-ring (bicyclic) bond motifs is 4. The summed E-state index contributed by atoms with van der Waals surface area (Å²) >= 11 is 9.49. The Labute approximate surface area is 270 Å². The molecule has 4 aliphatic rings. The van der Waals surface area contributed by atoms with Gasteiger partial charge in [-0.15, -0.1) is 0 Å². The van der Waals surface area contributed by atoms with Gasteiger partial charge in [0.05, 0.1) is 41.0 Å². The van der Waals surface area contributed by atoms with Gasteiger partial charge in [-0.05, 0) is 62.4 Å². The number of imide groups is 2. The third-order valence-electron chi connectivity index (χ3n) is 9.90. The molecule has 6 rings (SSSR count). The molecule has 6 unspecified atom stereocenters. The van der Waals surface area contributed by atoms with E-state index in [9.17, 15) is 33.5 Å². The number of likely N-dealkylation sites (tertiary alicyclic amines) is 1. The highest BCUT2D eigenvalue weighted by Crippen LogP contribution is 2.65. The number of aromatic hydroxyl groups is 1. The second kappa shape index (κ2) is 11.2. The number of carbonyl (C=O) groups is 5. The van der Waals surface area contributed by atoms with Gasteiger partial charge in [-0.1, -0.05) is 39.2 Å². The second-order valence-corrected chi connectivity index (χ2v) is 13.5. The van der Waals surface area contributed by atoms with Gasteiger partial charge >= 0.3 is 5.97 Å². The minimum atomic E-state index is -1.46. The predicted octanol–water partition coefficient (Wildman–Crippen LogP) is 5.05. The molecule has 2 aromatic carbocycles. The zero-order valence-corrected chi connectivity index (χ0v) is 26.6. The fraction of sp³-hybridized carbons (Fsp3) is 0.406. The summed E-state index contributed by atoms with van der Waals surface area (Å²) in [4.78, 5) is 69.2. The number of hydrogen-bond acceptors (Lipinski definition) is 7. The van der Waals surface area contributed by atoms with Crippen LogP contribution >= 0.6 is 27.5 Å². The van der Waals surface area contributed by atoms with Crippen molar-refractivity contribution in [3.63, 3.8) is 0 Å². The number of carbonyl (C=O) groups excluding carboxylic acids is 4. The summed E-state index contributed by atoms with van der Waals surface area (Å²) in [6.45, 7) is 1.62. The molecule has 2 heterocycles. The molecule has 13 heteroatoms. The van der Waals surface area contributed by atoms with E-state index in [1.54, 1.807) is 19.1 Å². The molecule has 0 aromatic heterocycles. The van der Waals surface area contributed by atoms with Crippen LogP contribution in [0.1, 0.15) is 44.1 Å². The maximum atomic E-state index is 14.5. The smallest absolute Gasteiger partial charge is 0.303 e. The van der Waals surface area contributed by atoms with Gasteiger partial charge in [0.2, 0.25) is 23.6 Å². The highest BCUT2D eigenvalue weighted by molar-refractivity contribution is 9.10. The Morgan fingerprint density at radius 2 is 1.87 bits per heavy atom. The van der Waals surface area contributed by atoms with Gasteiger partial charge in [0.15, 0.2) is 11.5 Å². The van der Waals surface area contributed by atoms with Crippen LogP contribution in [0.4, 0.5) is 10.1 Å². The number of carboxylic acids is 1. The molecule has 2 N–H and O–H groups in total. The fourth-order valence-corrected chi connectivity index (χ4v) is 8.50. The first kappa shape index (κ1) is 31.2. The van der Waals surface area contributed by atoms with Gasteiger partial charge in [0.25, 0.3) is 0 Å². The van der Waals surface area contributed by atoms with Crippen LogP contribution in [0.5, 0.6) is 11.5 Å². The number of anilines is 1. The molecule has 236 valence electrons. The van der Waals surface area contributed by atoms with Crippen LogP contribution < -0.4 is 9.64 Å². The van der Waals surface area contributed by atoms with Crippen LogP contribution in [0.25, 0.3) is 0 Å². The van der Waals surface area contributed by atoms with Crippen molar-refractivity contribution in [1.82, 2.24) is 4.90 Å². The molecule has 6 atom stereocenters. The number of carboxylic acid groups (broad SMARTS) is 1. The highest BCUT2D eigenvalue weighted by Gasteiger charge is 2.68. The van der Waals surface area contributed by atoms with Crippen molar-refractivity contribution < 1.29 is 43.3 Å². The Kier molecular flexibility index (Phi) is 7.80. The lowest BCUT2D eigenvalue weighted by atomic mass is 9.51. The number of aliphatic carboxylic acids is 1. The van der Waals surface area contributed by atoms with E-state index in [1.807, 2.05) is 6.08 Å². The van der Waals surface area contributed by atoms with E-state index >= 15 is 0 Å². The third kappa shape index (κ3) is 4.67. The highest BCUT2D eigenvalue weighted by atomic mass is 79.9. The van der Waals surface area contributed by atoms with Crippen LogP contribution in [0.2, 0.25) is 5.02 Å². The van der Waals surface area contributed by atoms with Crippen LogP contribution in [-0.4, -0.2) is 58.4 Å². The summed E-state index contributed by atoms with van der Waals surface area (Å²) in [5.41, 5.74) is -0.408. The summed E-state index contributed by atoms with van der Waals surface area (Å²) < 4.78 is 20.0. The number of phenols is 1. The first-order chi connectivity index (χ1) is 21.3. The summed E-state index contributed by atoms with van der Waals surface area (Å²) in [7, 11) is 1.38. The quantitative estimate of drug-likeness (QED) is 0.302. The lowest BCUT2D eigenvalue weighted by Crippen LogP contribution is -2.49. The number of halogens is 3. The molecule has 10 nitrogen and oxygen atoms in total. The Morgan fingerprint density at radius 1 is 1.13 bits per heavy atom. The molecular formula is C32H29BrClFN2O8. The van der Waals surface area contributed by atoms with Crippen molar-refractivity contribution in [3.8, 4) is 11.5 Å². The van der Waals surface area contributed by atoms with Crippen molar-refractivity contribution in [1.29, 1.82) is 0 Å². The first-order valence-electron chi connectivity index (χ1n) is 14.5. The third-order valence-corrected chi connectivity index (χ3v) is 10.6. The van der Waals surface area contributed by atoms with E-state index in [2.05, 4.69) is 15.9 Å². The average molecular weight is 704 g/mol. The van der Waals surface area contributed by atoms with Crippen molar-refractivity contribution in [2.75, 3.05) is 18.6 Å². The van der Waals surface area contributed by atoms with Crippen LogP contribution in [-0.2, 0) is 24.0 Å². The van der Waals surface area contributed by atoms with Gasteiger partial charge in [0.1, 0.15) is 5.82 Å². The minimum Gasteiger partial charge on any atom is -0.504 e. The van der Waals surface area contributed by atoms with Gasteiger partial charge in [-0.2, -0.15) is 0 Å². The number of phenolic OH excluding ortho intramolecular Hbond substituents is 1. The number of hydrogen-bond donors (Lipinski definition) is 2. The van der Waals surface area contributed by atoms with Crippen molar-refractivity contribution in [2.45, 2.75) is 38.5 Å². The Bertz CT molecular complexity index is 1710. The van der Waals surface area contributed by atoms with Crippen LogP contribution in [0.3, 0.4) is 0 Å². The maximum Gasteiger partial charge on any atom is 0.303 e. The lowest BCUT2D eigenvalue weighted by Gasteiger charge is -2.49. The number of benzene rings is 2. The molecular weight excluding hydrogens is 675 g/mol. The molecule has 3 fully saturated rings. The number of amides is 4. The van der Waals surface area contributed by atoms with E-state index in [-0.39, 0.29) is 60.3 Å². The number of nitrogens with zero attached hydrogens (tertiary/aromatic N) is 2. The summed E-state index contributed by atoms with van der Waals surface area (Å²) in [5, 5.41) is 20.2. The number of allylic oxidation sites excluding steroid dienone is 2. The van der Waals surface area contributed by atoms with E-state index in [0.717, 1.165) is 15.9 Å². The fourth-order valence-electron chi connectivity index (χ4n) is 7.87. The summed E-state index contributed by atoms with van der Waals surface area (Å²) in [5.74, 6) is -7.88.